The Balaban J connectivity index is 1.50. The molecule has 0 spiro atoms. The second kappa shape index (κ2) is 6.27. The lowest BCUT2D eigenvalue weighted by Crippen LogP contribution is -2.48. The van der Waals surface area contributed by atoms with Crippen LogP contribution in [-0.2, 0) is 0 Å². The van der Waals surface area contributed by atoms with Gasteiger partial charge >= 0.3 is 0 Å². The van der Waals surface area contributed by atoms with Gasteiger partial charge in [-0.15, -0.1) is 0 Å². The van der Waals surface area contributed by atoms with Gasteiger partial charge in [-0.05, 0) is 31.0 Å². The summed E-state index contributed by atoms with van der Waals surface area (Å²) in [4.78, 5) is 23.1. The Bertz CT molecular complexity index is 846. The van der Waals surface area contributed by atoms with Crippen molar-refractivity contribution in [2.24, 2.45) is 0 Å². The van der Waals surface area contributed by atoms with Crippen molar-refractivity contribution >= 4 is 17.2 Å². The van der Waals surface area contributed by atoms with Crippen molar-refractivity contribution < 1.29 is 4.79 Å². The molecule has 3 aromatic heterocycles. The summed E-state index contributed by atoms with van der Waals surface area (Å²) in [7, 11) is 0. The third-order valence-electron chi connectivity index (χ3n) is 4.26. The summed E-state index contributed by atoms with van der Waals surface area (Å²) in [6.45, 7) is 1.66. The number of carbonyl (C=O) groups excluding carboxylic acids is 1. The number of anilines is 1. The van der Waals surface area contributed by atoms with E-state index in [-0.39, 0.29) is 11.9 Å². The molecule has 0 aromatic carbocycles. The van der Waals surface area contributed by atoms with Crippen molar-refractivity contribution in [3.63, 3.8) is 0 Å². The van der Waals surface area contributed by atoms with Crippen LogP contribution in [0.5, 0.6) is 0 Å². The Morgan fingerprint density at radius 3 is 3.00 bits per heavy atom. The number of rotatable bonds is 3. The van der Waals surface area contributed by atoms with Crippen LogP contribution >= 0.6 is 0 Å². The van der Waals surface area contributed by atoms with Gasteiger partial charge in [0.05, 0.1) is 6.20 Å². The van der Waals surface area contributed by atoms with E-state index >= 15 is 0 Å². The van der Waals surface area contributed by atoms with Gasteiger partial charge in [-0.25, -0.2) is 9.50 Å². The number of hydrogen-bond acceptors (Lipinski definition) is 5. The lowest BCUT2D eigenvalue weighted by Gasteiger charge is -2.34. The lowest BCUT2D eigenvalue weighted by atomic mass is 10.1. The molecule has 1 aliphatic rings. The topological polar surface area (TPSA) is 75.4 Å². The van der Waals surface area contributed by atoms with Crippen LogP contribution in [0, 0.1) is 0 Å². The number of nitrogens with zero attached hydrogens (tertiary/aromatic N) is 5. The van der Waals surface area contributed by atoms with E-state index in [1.54, 1.807) is 30.7 Å². The molecular weight excluding hydrogens is 304 g/mol. The van der Waals surface area contributed by atoms with E-state index in [1.165, 1.54) is 0 Å². The molecule has 1 amide bonds. The molecular formula is C17H18N6O. The second-order valence-electron chi connectivity index (χ2n) is 5.89. The van der Waals surface area contributed by atoms with Gasteiger partial charge < -0.3 is 10.2 Å². The molecule has 122 valence electrons. The molecule has 1 N–H and O–H groups in total. The van der Waals surface area contributed by atoms with E-state index in [1.807, 2.05) is 22.8 Å². The minimum absolute atomic E-state index is 0.0817. The fourth-order valence-electron chi connectivity index (χ4n) is 3.13. The average molecular weight is 322 g/mol. The summed E-state index contributed by atoms with van der Waals surface area (Å²) >= 11 is 0. The minimum atomic E-state index is -0.127. The van der Waals surface area contributed by atoms with Crippen molar-refractivity contribution in [2.45, 2.75) is 18.9 Å². The van der Waals surface area contributed by atoms with Gasteiger partial charge in [-0.3, -0.25) is 9.78 Å². The maximum atomic E-state index is 12.3. The molecule has 7 nitrogen and oxygen atoms in total. The maximum absolute atomic E-state index is 12.3. The number of amides is 1. The molecule has 4 heterocycles. The smallest absolute Gasteiger partial charge is 0.270 e. The SMILES string of the molecule is O=C(NC1CCCN(c2nccn3nccc23)C1)c1ccccn1. The van der Waals surface area contributed by atoms with Crippen molar-refractivity contribution in [1.82, 2.24) is 24.9 Å². The number of fused-ring (bicyclic) bond motifs is 1. The van der Waals surface area contributed by atoms with E-state index in [4.69, 9.17) is 0 Å². The van der Waals surface area contributed by atoms with Gasteiger partial charge in [0.25, 0.3) is 5.91 Å². The first-order chi connectivity index (χ1) is 11.8. The van der Waals surface area contributed by atoms with Crippen LogP contribution in [0.3, 0.4) is 0 Å². The number of nitrogens with one attached hydrogen (secondary N) is 1. The van der Waals surface area contributed by atoms with Crippen molar-refractivity contribution in [2.75, 3.05) is 18.0 Å². The summed E-state index contributed by atoms with van der Waals surface area (Å²) in [6.07, 6.45) is 8.95. The highest BCUT2D eigenvalue weighted by Gasteiger charge is 2.24. The number of carbonyl (C=O) groups is 1. The number of pyridine rings is 1. The van der Waals surface area contributed by atoms with E-state index < -0.39 is 0 Å². The number of aromatic nitrogens is 4. The van der Waals surface area contributed by atoms with Crippen LogP contribution < -0.4 is 10.2 Å². The summed E-state index contributed by atoms with van der Waals surface area (Å²) in [5.41, 5.74) is 1.43. The molecule has 1 atom stereocenters. The van der Waals surface area contributed by atoms with Crippen LogP contribution in [0.2, 0.25) is 0 Å². The monoisotopic (exact) mass is 322 g/mol. The number of piperidine rings is 1. The molecule has 1 saturated heterocycles. The van der Waals surface area contributed by atoms with E-state index in [0.29, 0.717) is 5.69 Å². The Labute approximate surface area is 139 Å². The normalized spacial score (nSPS) is 17.8. The second-order valence-corrected chi connectivity index (χ2v) is 5.89. The standard InChI is InChI=1S/C17H18N6O/c24-17(14-5-1-2-7-18-14)21-13-4-3-10-22(12-13)16-15-6-8-20-23(15)11-9-19-16/h1-2,5-9,11,13H,3-4,10,12H2,(H,21,24). The molecule has 7 heteroatoms. The summed E-state index contributed by atoms with van der Waals surface area (Å²) < 4.78 is 1.82. The van der Waals surface area contributed by atoms with Crippen LogP contribution in [0.15, 0.2) is 49.1 Å². The van der Waals surface area contributed by atoms with E-state index in [9.17, 15) is 4.79 Å². The molecule has 1 aliphatic heterocycles. The lowest BCUT2D eigenvalue weighted by molar-refractivity contribution is 0.0928. The molecule has 0 saturated carbocycles. The molecule has 0 bridgehead atoms. The molecule has 0 radical (unpaired) electrons. The zero-order valence-electron chi connectivity index (χ0n) is 13.2. The summed E-state index contributed by atoms with van der Waals surface area (Å²) in [5.74, 6) is 0.782. The van der Waals surface area contributed by atoms with Gasteiger partial charge in [0.2, 0.25) is 0 Å². The van der Waals surface area contributed by atoms with E-state index in [2.05, 4.69) is 25.3 Å². The summed E-state index contributed by atoms with van der Waals surface area (Å²) in [5, 5.41) is 7.34. The first-order valence-corrected chi connectivity index (χ1v) is 8.06. The largest absolute Gasteiger partial charge is 0.353 e. The highest BCUT2D eigenvalue weighted by molar-refractivity contribution is 5.92. The van der Waals surface area contributed by atoms with Crippen molar-refractivity contribution in [3.8, 4) is 0 Å². The molecule has 1 fully saturated rings. The van der Waals surface area contributed by atoms with Gasteiger partial charge in [0, 0.05) is 37.7 Å². The predicted molar refractivity (Wildman–Crippen MR) is 89.9 cm³/mol. The Morgan fingerprint density at radius 2 is 2.12 bits per heavy atom. The zero-order chi connectivity index (χ0) is 16.4. The highest BCUT2D eigenvalue weighted by atomic mass is 16.1. The van der Waals surface area contributed by atoms with Crippen LogP contribution in [0.25, 0.3) is 5.52 Å². The fraction of sp³-hybridized carbons (Fsp3) is 0.294. The average Bonchev–Trinajstić information content (AvgIpc) is 3.11. The first kappa shape index (κ1) is 14.6. The Hall–Kier alpha value is -2.96. The van der Waals surface area contributed by atoms with Gasteiger partial charge in [0.15, 0.2) is 5.82 Å². The molecule has 3 aromatic rings. The zero-order valence-corrected chi connectivity index (χ0v) is 13.2. The molecule has 4 rings (SSSR count). The third-order valence-corrected chi connectivity index (χ3v) is 4.26. The third kappa shape index (κ3) is 2.80. The van der Waals surface area contributed by atoms with Crippen LogP contribution in [-0.4, -0.2) is 44.6 Å². The maximum Gasteiger partial charge on any atom is 0.270 e. The van der Waals surface area contributed by atoms with Crippen molar-refractivity contribution in [1.29, 1.82) is 0 Å². The Kier molecular flexibility index (Phi) is 3.82. The summed E-state index contributed by atoms with van der Waals surface area (Å²) in [6, 6.07) is 7.39. The quantitative estimate of drug-likeness (QED) is 0.791. The first-order valence-electron chi connectivity index (χ1n) is 8.06. The van der Waals surface area contributed by atoms with Gasteiger partial charge in [0.1, 0.15) is 11.2 Å². The molecule has 0 aliphatic carbocycles. The Morgan fingerprint density at radius 1 is 1.17 bits per heavy atom. The van der Waals surface area contributed by atoms with Crippen LogP contribution in [0.4, 0.5) is 5.82 Å². The predicted octanol–water partition coefficient (Wildman–Crippen LogP) is 1.52. The number of hydrogen-bond donors (Lipinski definition) is 1. The van der Waals surface area contributed by atoms with Gasteiger partial charge in [-0.1, -0.05) is 6.07 Å². The van der Waals surface area contributed by atoms with E-state index in [0.717, 1.165) is 37.3 Å². The van der Waals surface area contributed by atoms with Gasteiger partial charge in [-0.2, -0.15) is 5.10 Å². The van der Waals surface area contributed by atoms with Crippen LogP contribution in [0.1, 0.15) is 23.3 Å². The highest BCUT2D eigenvalue weighted by Crippen LogP contribution is 2.22. The molecule has 24 heavy (non-hydrogen) atoms. The molecule has 1 unspecified atom stereocenters. The minimum Gasteiger partial charge on any atom is -0.353 e. The fourth-order valence-corrected chi connectivity index (χ4v) is 3.13. The van der Waals surface area contributed by atoms with Crippen molar-refractivity contribution in [3.05, 3.63) is 54.7 Å².